The van der Waals surface area contributed by atoms with Gasteiger partial charge in [-0.15, -0.1) is 0 Å². The normalized spacial score (nSPS) is 12.4. The summed E-state index contributed by atoms with van der Waals surface area (Å²) >= 11 is 0. The van der Waals surface area contributed by atoms with Crippen LogP contribution in [-0.2, 0) is 13.0 Å². The van der Waals surface area contributed by atoms with Crippen LogP contribution in [0.4, 0.5) is 0 Å². The Labute approximate surface area is 125 Å². The summed E-state index contributed by atoms with van der Waals surface area (Å²) in [4.78, 5) is 2.48. The largest absolute Gasteiger partial charge is 0.312 e. The van der Waals surface area contributed by atoms with Crippen molar-refractivity contribution in [1.82, 2.24) is 10.2 Å². The lowest BCUT2D eigenvalue weighted by atomic mass is 10.1. The predicted molar refractivity (Wildman–Crippen MR) is 89.1 cm³/mol. The number of nitrogens with one attached hydrogen (secondary N) is 1. The highest BCUT2D eigenvalue weighted by molar-refractivity contribution is 5.22. The molecular formula is C18H32N2. The van der Waals surface area contributed by atoms with Crippen molar-refractivity contribution in [2.24, 2.45) is 0 Å². The van der Waals surface area contributed by atoms with Crippen LogP contribution in [0.2, 0.25) is 0 Å². The number of hydrogen-bond acceptors (Lipinski definition) is 2. The van der Waals surface area contributed by atoms with Crippen LogP contribution in [0.15, 0.2) is 24.3 Å². The molecule has 0 radical (unpaired) electrons. The molecule has 0 unspecified atom stereocenters. The maximum absolute atomic E-state index is 3.53. The van der Waals surface area contributed by atoms with E-state index in [1.807, 2.05) is 0 Å². The zero-order valence-corrected chi connectivity index (χ0v) is 14.2. The van der Waals surface area contributed by atoms with Gasteiger partial charge in [-0.2, -0.15) is 0 Å². The van der Waals surface area contributed by atoms with Crippen molar-refractivity contribution in [2.75, 3.05) is 13.1 Å². The van der Waals surface area contributed by atoms with Gasteiger partial charge in [0.25, 0.3) is 0 Å². The topological polar surface area (TPSA) is 15.3 Å². The Kier molecular flexibility index (Phi) is 6.70. The standard InChI is InChI=1S/C18H32N2/c1-7-20(15(2)3)14-17-10-8-16(9-11-17)12-13-19-18(4,5)6/h8-11,15,19H,7,12-14H2,1-6H3. The van der Waals surface area contributed by atoms with Crippen molar-refractivity contribution in [2.45, 2.75) is 66.1 Å². The fourth-order valence-corrected chi connectivity index (χ4v) is 2.29. The van der Waals surface area contributed by atoms with Gasteiger partial charge in [-0.1, -0.05) is 31.2 Å². The van der Waals surface area contributed by atoms with E-state index < -0.39 is 0 Å². The molecule has 0 heterocycles. The van der Waals surface area contributed by atoms with Crippen molar-refractivity contribution in [1.29, 1.82) is 0 Å². The van der Waals surface area contributed by atoms with E-state index in [1.165, 1.54) is 11.1 Å². The van der Waals surface area contributed by atoms with Crippen LogP contribution in [0.5, 0.6) is 0 Å². The van der Waals surface area contributed by atoms with Gasteiger partial charge in [0.05, 0.1) is 0 Å². The van der Waals surface area contributed by atoms with Gasteiger partial charge in [-0.05, 0) is 65.3 Å². The molecule has 1 aromatic rings. The maximum atomic E-state index is 3.53. The van der Waals surface area contributed by atoms with Crippen molar-refractivity contribution in [3.05, 3.63) is 35.4 Å². The second kappa shape index (κ2) is 7.80. The second-order valence-electron chi connectivity index (χ2n) is 6.90. The van der Waals surface area contributed by atoms with E-state index in [0.717, 1.165) is 26.1 Å². The average molecular weight is 276 g/mol. The van der Waals surface area contributed by atoms with Crippen LogP contribution in [-0.4, -0.2) is 29.6 Å². The number of rotatable bonds is 7. The third kappa shape index (κ3) is 6.53. The first-order chi connectivity index (χ1) is 9.31. The highest BCUT2D eigenvalue weighted by Crippen LogP contribution is 2.10. The molecule has 2 heteroatoms. The number of nitrogens with zero attached hydrogens (tertiary/aromatic N) is 1. The molecule has 0 bridgehead atoms. The molecule has 0 aromatic heterocycles. The van der Waals surface area contributed by atoms with Crippen LogP contribution in [0.25, 0.3) is 0 Å². The van der Waals surface area contributed by atoms with E-state index >= 15 is 0 Å². The molecule has 0 atom stereocenters. The lowest BCUT2D eigenvalue weighted by Gasteiger charge is -2.24. The quantitative estimate of drug-likeness (QED) is 0.814. The van der Waals surface area contributed by atoms with Crippen LogP contribution < -0.4 is 5.32 Å². The average Bonchev–Trinajstić information content (AvgIpc) is 2.35. The summed E-state index contributed by atoms with van der Waals surface area (Å²) in [6, 6.07) is 9.70. The summed E-state index contributed by atoms with van der Waals surface area (Å²) in [6.45, 7) is 16.6. The molecule has 1 N–H and O–H groups in total. The molecule has 1 rings (SSSR count). The van der Waals surface area contributed by atoms with Crippen LogP contribution in [0.3, 0.4) is 0 Å². The maximum Gasteiger partial charge on any atom is 0.0236 e. The Hall–Kier alpha value is -0.860. The Balaban J connectivity index is 2.48. The smallest absolute Gasteiger partial charge is 0.0236 e. The lowest BCUT2D eigenvalue weighted by molar-refractivity contribution is 0.225. The molecule has 0 saturated heterocycles. The fourth-order valence-electron chi connectivity index (χ4n) is 2.29. The molecule has 114 valence electrons. The third-order valence-electron chi connectivity index (χ3n) is 3.61. The van der Waals surface area contributed by atoms with Gasteiger partial charge in [0.15, 0.2) is 0 Å². The van der Waals surface area contributed by atoms with Gasteiger partial charge in [0, 0.05) is 18.1 Å². The van der Waals surface area contributed by atoms with Crippen molar-refractivity contribution in [3.63, 3.8) is 0 Å². The molecule has 0 spiro atoms. The van der Waals surface area contributed by atoms with Gasteiger partial charge in [-0.25, -0.2) is 0 Å². The number of benzene rings is 1. The van der Waals surface area contributed by atoms with E-state index in [4.69, 9.17) is 0 Å². The Morgan fingerprint density at radius 3 is 2.05 bits per heavy atom. The molecule has 0 saturated carbocycles. The Morgan fingerprint density at radius 2 is 1.60 bits per heavy atom. The molecule has 0 aliphatic heterocycles. The first-order valence-corrected chi connectivity index (χ1v) is 7.88. The van der Waals surface area contributed by atoms with Crippen molar-refractivity contribution >= 4 is 0 Å². The summed E-state index contributed by atoms with van der Waals surface area (Å²) in [5.74, 6) is 0. The van der Waals surface area contributed by atoms with E-state index in [1.54, 1.807) is 0 Å². The second-order valence-corrected chi connectivity index (χ2v) is 6.90. The van der Waals surface area contributed by atoms with Crippen molar-refractivity contribution in [3.8, 4) is 0 Å². The minimum Gasteiger partial charge on any atom is -0.312 e. The molecular weight excluding hydrogens is 244 g/mol. The van der Waals surface area contributed by atoms with Crippen LogP contribution in [0.1, 0.15) is 52.7 Å². The summed E-state index contributed by atoms with van der Waals surface area (Å²) in [5.41, 5.74) is 3.03. The zero-order chi connectivity index (χ0) is 15.2. The summed E-state index contributed by atoms with van der Waals surface area (Å²) < 4.78 is 0. The zero-order valence-electron chi connectivity index (χ0n) is 14.2. The van der Waals surface area contributed by atoms with Crippen LogP contribution >= 0.6 is 0 Å². The molecule has 0 aliphatic carbocycles. The highest BCUT2D eigenvalue weighted by atomic mass is 15.1. The molecule has 2 nitrogen and oxygen atoms in total. The van der Waals surface area contributed by atoms with E-state index in [2.05, 4.69) is 76.0 Å². The predicted octanol–water partition coefficient (Wildman–Crippen LogP) is 3.85. The summed E-state index contributed by atoms with van der Waals surface area (Å²) in [6.07, 6.45) is 1.10. The minimum atomic E-state index is 0.207. The summed E-state index contributed by atoms with van der Waals surface area (Å²) in [7, 11) is 0. The molecule has 20 heavy (non-hydrogen) atoms. The van der Waals surface area contributed by atoms with E-state index in [-0.39, 0.29) is 5.54 Å². The molecule has 0 amide bonds. The SMILES string of the molecule is CCN(Cc1ccc(CCNC(C)(C)C)cc1)C(C)C. The summed E-state index contributed by atoms with van der Waals surface area (Å²) in [5, 5.41) is 3.53. The van der Waals surface area contributed by atoms with Crippen LogP contribution in [0, 0.1) is 0 Å². The van der Waals surface area contributed by atoms with Gasteiger partial charge in [-0.3, -0.25) is 4.90 Å². The van der Waals surface area contributed by atoms with Gasteiger partial charge < -0.3 is 5.32 Å². The Bertz CT molecular complexity index is 373. The van der Waals surface area contributed by atoms with E-state index in [9.17, 15) is 0 Å². The van der Waals surface area contributed by atoms with Gasteiger partial charge in [0.2, 0.25) is 0 Å². The van der Waals surface area contributed by atoms with Crippen molar-refractivity contribution < 1.29 is 0 Å². The number of hydrogen-bond donors (Lipinski definition) is 1. The van der Waals surface area contributed by atoms with Gasteiger partial charge in [0.1, 0.15) is 0 Å². The molecule has 0 fully saturated rings. The fraction of sp³-hybridized carbons (Fsp3) is 0.667. The highest BCUT2D eigenvalue weighted by Gasteiger charge is 2.09. The first-order valence-electron chi connectivity index (χ1n) is 7.88. The monoisotopic (exact) mass is 276 g/mol. The van der Waals surface area contributed by atoms with E-state index in [0.29, 0.717) is 6.04 Å². The Morgan fingerprint density at radius 1 is 1.05 bits per heavy atom. The first kappa shape index (κ1) is 17.2. The lowest BCUT2D eigenvalue weighted by Crippen LogP contribution is -2.37. The third-order valence-corrected chi connectivity index (χ3v) is 3.61. The van der Waals surface area contributed by atoms with Gasteiger partial charge >= 0.3 is 0 Å². The minimum absolute atomic E-state index is 0.207. The molecule has 0 aliphatic rings. The molecule has 1 aromatic carbocycles.